The maximum atomic E-state index is 12.1. The first kappa shape index (κ1) is 24.0. The molecule has 0 aliphatic heterocycles. The average molecular weight is 398 g/mol. The summed E-state index contributed by atoms with van der Waals surface area (Å²) < 4.78 is 5.37. The van der Waals surface area contributed by atoms with Gasteiger partial charge >= 0.3 is 6.09 Å². The molecule has 1 saturated carbocycles. The molecular weight excluding hydrogens is 358 g/mol. The summed E-state index contributed by atoms with van der Waals surface area (Å²) >= 11 is 0. The first-order chi connectivity index (χ1) is 13.0. The second kappa shape index (κ2) is 11.1. The lowest BCUT2D eigenvalue weighted by atomic mass is 10.0. The van der Waals surface area contributed by atoms with Crippen LogP contribution in [0.15, 0.2) is 4.99 Å². The van der Waals surface area contributed by atoms with E-state index in [0.717, 1.165) is 31.8 Å². The molecule has 1 aliphatic rings. The Bertz CT molecular complexity index is 538. The lowest BCUT2D eigenvalue weighted by Gasteiger charge is -2.28. The topological polar surface area (TPSA) is 95.1 Å². The Hall–Kier alpha value is -1.99. The van der Waals surface area contributed by atoms with Gasteiger partial charge in [-0.3, -0.25) is 9.79 Å². The smallest absolute Gasteiger partial charge is 0.407 e. The number of hydrogen-bond acceptors (Lipinski definition) is 4. The third-order valence-electron chi connectivity index (χ3n) is 4.51. The molecule has 0 aromatic carbocycles. The molecule has 0 spiro atoms. The van der Waals surface area contributed by atoms with Gasteiger partial charge in [0.25, 0.3) is 0 Å². The van der Waals surface area contributed by atoms with Crippen LogP contribution in [0.4, 0.5) is 4.79 Å². The molecule has 1 fully saturated rings. The number of amides is 2. The van der Waals surface area contributed by atoms with Crippen molar-refractivity contribution in [3.8, 4) is 0 Å². The molecule has 0 saturated heterocycles. The lowest BCUT2D eigenvalue weighted by molar-refractivity contribution is -0.122. The van der Waals surface area contributed by atoms with Gasteiger partial charge in [0, 0.05) is 45.7 Å². The summed E-state index contributed by atoms with van der Waals surface area (Å²) in [6.45, 7) is 11.7. The van der Waals surface area contributed by atoms with E-state index in [-0.39, 0.29) is 29.9 Å². The van der Waals surface area contributed by atoms with E-state index in [1.807, 2.05) is 32.7 Å². The van der Waals surface area contributed by atoms with E-state index in [1.165, 1.54) is 0 Å². The zero-order valence-electron chi connectivity index (χ0n) is 18.6. The van der Waals surface area contributed by atoms with E-state index < -0.39 is 5.60 Å². The zero-order valence-corrected chi connectivity index (χ0v) is 18.6. The van der Waals surface area contributed by atoms with E-state index in [0.29, 0.717) is 13.1 Å². The van der Waals surface area contributed by atoms with Crippen LogP contribution in [-0.4, -0.2) is 68.2 Å². The van der Waals surface area contributed by atoms with Crippen LogP contribution in [0.3, 0.4) is 0 Å². The molecule has 0 radical (unpaired) electrons. The molecule has 0 aromatic rings. The van der Waals surface area contributed by atoms with Crippen LogP contribution in [-0.2, 0) is 9.53 Å². The lowest BCUT2D eigenvalue weighted by Crippen LogP contribution is -2.46. The van der Waals surface area contributed by atoms with Crippen molar-refractivity contribution >= 4 is 18.0 Å². The summed E-state index contributed by atoms with van der Waals surface area (Å²) in [4.78, 5) is 30.0. The summed E-state index contributed by atoms with van der Waals surface area (Å²) in [5.74, 6) is 1.43. The van der Waals surface area contributed by atoms with Crippen molar-refractivity contribution in [3.63, 3.8) is 0 Å². The number of hydrogen-bond donors (Lipinski definition) is 3. The molecule has 8 heteroatoms. The van der Waals surface area contributed by atoms with Crippen molar-refractivity contribution in [2.45, 2.75) is 65.5 Å². The van der Waals surface area contributed by atoms with Gasteiger partial charge < -0.3 is 25.6 Å². The Morgan fingerprint density at radius 2 is 1.79 bits per heavy atom. The maximum absolute atomic E-state index is 12.1. The molecule has 1 atom stereocenters. The van der Waals surface area contributed by atoms with Gasteiger partial charge in [0.2, 0.25) is 5.91 Å². The van der Waals surface area contributed by atoms with Crippen molar-refractivity contribution in [1.82, 2.24) is 20.9 Å². The highest BCUT2D eigenvalue weighted by atomic mass is 16.6. The number of aliphatic imine (C=N–C) groups is 1. The van der Waals surface area contributed by atoms with Crippen LogP contribution in [0.25, 0.3) is 0 Å². The van der Waals surface area contributed by atoms with Crippen LogP contribution in [0, 0.1) is 11.8 Å². The molecule has 0 heterocycles. The fourth-order valence-corrected chi connectivity index (χ4v) is 2.70. The van der Waals surface area contributed by atoms with Crippen LogP contribution >= 0.6 is 0 Å². The number of guanidine groups is 1. The van der Waals surface area contributed by atoms with Gasteiger partial charge in [-0.2, -0.15) is 0 Å². The summed E-state index contributed by atoms with van der Waals surface area (Å²) in [7, 11) is 3.70. The minimum Gasteiger partial charge on any atom is -0.444 e. The van der Waals surface area contributed by atoms with Crippen LogP contribution in [0.1, 0.15) is 53.9 Å². The van der Waals surface area contributed by atoms with Gasteiger partial charge in [-0.05, 0) is 46.0 Å². The summed E-state index contributed by atoms with van der Waals surface area (Å²) in [5.41, 5.74) is -0.511. The monoisotopic (exact) mass is 397 g/mol. The first-order valence-corrected chi connectivity index (χ1v) is 10.2. The van der Waals surface area contributed by atoms with Gasteiger partial charge in [0.05, 0.1) is 0 Å². The number of carbonyl (C=O) groups excluding carboxylic acids is 2. The Balaban J connectivity index is 2.38. The second-order valence-corrected chi connectivity index (χ2v) is 8.75. The number of alkyl carbamates (subject to hydrolysis) is 1. The fourth-order valence-electron chi connectivity index (χ4n) is 2.70. The third-order valence-corrected chi connectivity index (χ3v) is 4.51. The minimum absolute atomic E-state index is 0.00763. The Kier molecular flexibility index (Phi) is 9.55. The van der Waals surface area contributed by atoms with E-state index in [9.17, 15) is 9.59 Å². The summed E-state index contributed by atoms with van der Waals surface area (Å²) in [6, 6.07) is 0.00763. The van der Waals surface area contributed by atoms with E-state index in [2.05, 4.69) is 34.8 Å². The van der Waals surface area contributed by atoms with Gasteiger partial charge in [-0.15, -0.1) is 0 Å². The number of nitrogens with one attached hydrogen (secondary N) is 3. The van der Waals surface area contributed by atoms with E-state index in [4.69, 9.17) is 4.74 Å². The molecule has 1 rings (SSSR count). The molecule has 1 unspecified atom stereocenters. The standard InChI is InChI=1S/C20H39N5O3/c1-14(2)16(24-19(27)28-20(3,4)5)10-13-25(7)18(21-6)23-12-11-22-17(26)15-8-9-15/h14-16H,8-13H2,1-7H3,(H,21,23)(H,22,26)(H,24,27). The minimum atomic E-state index is -0.511. The van der Waals surface area contributed by atoms with E-state index >= 15 is 0 Å². The molecular formula is C20H39N5O3. The van der Waals surface area contributed by atoms with Crippen LogP contribution < -0.4 is 16.0 Å². The Morgan fingerprint density at radius 1 is 1.18 bits per heavy atom. The summed E-state index contributed by atoms with van der Waals surface area (Å²) in [5, 5.41) is 9.16. The highest BCUT2D eigenvalue weighted by Gasteiger charge is 2.29. The van der Waals surface area contributed by atoms with Crippen LogP contribution in [0.2, 0.25) is 0 Å². The highest BCUT2D eigenvalue weighted by Crippen LogP contribution is 2.28. The number of rotatable bonds is 9. The van der Waals surface area contributed by atoms with E-state index in [1.54, 1.807) is 7.05 Å². The molecule has 0 bridgehead atoms. The van der Waals surface area contributed by atoms with Gasteiger partial charge in [0.15, 0.2) is 5.96 Å². The van der Waals surface area contributed by atoms with Gasteiger partial charge in [0.1, 0.15) is 5.60 Å². The van der Waals surface area contributed by atoms with Crippen molar-refractivity contribution in [3.05, 3.63) is 0 Å². The fraction of sp³-hybridized carbons (Fsp3) is 0.850. The molecule has 2 amide bonds. The quantitative estimate of drug-likeness (QED) is 0.314. The molecule has 162 valence electrons. The zero-order chi connectivity index (χ0) is 21.3. The molecule has 28 heavy (non-hydrogen) atoms. The molecule has 0 aromatic heterocycles. The Morgan fingerprint density at radius 3 is 2.29 bits per heavy atom. The Labute approximate surface area is 169 Å². The van der Waals surface area contributed by atoms with Crippen molar-refractivity contribution < 1.29 is 14.3 Å². The SMILES string of the molecule is CN=C(NCCNC(=O)C1CC1)N(C)CCC(NC(=O)OC(C)(C)C)C(C)C. The van der Waals surface area contributed by atoms with Gasteiger partial charge in [-0.25, -0.2) is 4.79 Å². The molecule has 8 nitrogen and oxygen atoms in total. The predicted octanol–water partition coefficient (Wildman–Crippen LogP) is 1.96. The second-order valence-electron chi connectivity index (χ2n) is 8.75. The van der Waals surface area contributed by atoms with Crippen molar-refractivity contribution in [2.24, 2.45) is 16.8 Å². The maximum Gasteiger partial charge on any atom is 0.407 e. The number of nitrogens with zero attached hydrogens (tertiary/aromatic N) is 2. The molecule has 1 aliphatic carbocycles. The van der Waals surface area contributed by atoms with Crippen molar-refractivity contribution in [1.29, 1.82) is 0 Å². The van der Waals surface area contributed by atoms with Crippen LogP contribution in [0.5, 0.6) is 0 Å². The summed E-state index contributed by atoms with van der Waals surface area (Å²) in [6.07, 6.45) is 2.41. The predicted molar refractivity (Wildman–Crippen MR) is 112 cm³/mol. The average Bonchev–Trinajstić information content (AvgIpc) is 3.41. The number of ether oxygens (including phenoxy) is 1. The largest absolute Gasteiger partial charge is 0.444 e. The third kappa shape index (κ3) is 9.80. The number of carbonyl (C=O) groups is 2. The highest BCUT2D eigenvalue weighted by molar-refractivity contribution is 5.81. The molecule has 3 N–H and O–H groups in total. The van der Waals surface area contributed by atoms with Gasteiger partial charge in [-0.1, -0.05) is 13.8 Å². The van der Waals surface area contributed by atoms with Crippen molar-refractivity contribution in [2.75, 3.05) is 33.7 Å². The normalized spacial score (nSPS) is 15.8. The first-order valence-electron chi connectivity index (χ1n) is 10.2.